The Morgan fingerprint density at radius 1 is 1.10 bits per heavy atom. The second kappa shape index (κ2) is 6.50. The van der Waals surface area contributed by atoms with Crippen LogP contribution in [0.25, 0.3) is 0 Å². The van der Waals surface area contributed by atoms with Gasteiger partial charge in [-0.05, 0) is 48.6 Å². The van der Waals surface area contributed by atoms with Crippen molar-refractivity contribution in [1.82, 2.24) is 5.32 Å². The van der Waals surface area contributed by atoms with Crippen LogP contribution in [0, 0.1) is 0 Å². The Labute approximate surface area is 130 Å². The molecular formula is C18H20ClNO. The van der Waals surface area contributed by atoms with Crippen molar-refractivity contribution in [1.29, 1.82) is 0 Å². The molecule has 21 heavy (non-hydrogen) atoms. The molecule has 3 rings (SSSR count). The molecule has 0 spiro atoms. The zero-order chi connectivity index (χ0) is 14.7. The lowest BCUT2D eigenvalue weighted by atomic mass is 9.91. The Morgan fingerprint density at radius 3 is 2.48 bits per heavy atom. The predicted octanol–water partition coefficient (Wildman–Crippen LogP) is 4.12. The fraction of sp³-hybridized carbons (Fsp3) is 0.333. The van der Waals surface area contributed by atoms with E-state index in [0.717, 1.165) is 18.0 Å². The zero-order valence-electron chi connectivity index (χ0n) is 11.9. The first-order valence-corrected chi connectivity index (χ1v) is 7.86. The summed E-state index contributed by atoms with van der Waals surface area (Å²) in [4.78, 5) is 0. The van der Waals surface area contributed by atoms with E-state index in [9.17, 15) is 5.11 Å². The van der Waals surface area contributed by atoms with Gasteiger partial charge < -0.3 is 10.4 Å². The van der Waals surface area contributed by atoms with Crippen molar-refractivity contribution < 1.29 is 5.11 Å². The van der Waals surface area contributed by atoms with Crippen LogP contribution in [-0.2, 0) is 6.42 Å². The lowest BCUT2D eigenvalue weighted by Crippen LogP contribution is -2.25. The topological polar surface area (TPSA) is 32.3 Å². The molecule has 0 bridgehead atoms. The van der Waals surface area contributed by atoms with Crippen LogP contribution < -0.4 is 5.32 Å². The Hall–Kier alpha value is -1.51. The standard InChI is InChI=1S/C18H20ClNO/c19-18-4-2-1-3-17(18)14(12-20-15-7-8-15)11-13-5-9-16(21)10-6-13/h1-6,9-10,14-15,20-21H,7-8,11-12H2. The van der Waals surface area contributed by atoms with Gasteiger partial charge in [0.1, 0.15) is 5.75 Å². The van der Waals surface area contributed by atoms with E-state index in [1.165, 1.54) is 24.0 Å². The van der Waals surface area contributed by atoms with Crippen LogP contribution >= 0.6 is 11.6 Å². The number of aromatic hydroxyl groups is 1. The van der Waals surface area contributed by atoms with Gasteiger partial charge in [0.15, 0.2) is 0 Å². The van der Waals surface area contributed by atoms with E-state index >= 15 is 0 Å². The number of halogens is 1. The van der Waals surface area contributed by atoms with Crippen molar-refractivity contribution in [2.75, 3.05) is 6.54 Å². The summed E-state index contributed by atoms with van der Waals surface area (Å²) in [6.45, 7) is 0.940. The van der Waals surface area contributed by atoms with Crippen LogP contribution in [0.2, 0.25) is 5.02 Å². The first kappa shape index (κ1) is 14.4. The molecule has 0 heterocycles. The van der Waals surface area contributed by atoms with Gasteiger partial charge in [0.25, 0.3) is 0 Å². The minimum Gasteiger partial charge on any atom is -0.508 e. The van der Waals surface area contributed by atoms with Gasteiger partial charge in [-0.2, -0.15) is 0 Å². The molecule has 1 atom stereocenters. The highest BCUT2D eigenvalue weighted by atomic mass is 35.5. The minimum absolute atomic E-state index is 0.309. The van der Waals surface area contributed by atoms with E-state index in [4.69, 9.17) is 11.6 Å². The predicted molar refractivity (Wildman–Crippen MR) is 87.0 cm³/mol. The van der Waals surface area contributed by atoms with Gasteiger partial charge in [-0.3, -0.25) is 0 Å². The number of hydrogen-bond donors (Lipinski definition) is 2. The molecule has 110 valence electrons. The molecule has 0 aliphatic heterocycles. The first-order chi connectivity index (χ1) is 10.2. The fourth-order valence-electron chi connectivity index (χ4n) is 2.61. The molecule has 2 aromatic carbocycles. The largest absolute Gasteiger partial charge is 0.508 e. The van der Waals surface area contributed by atoms with E-state index in [1.54, 1.807) is 12.1 Å². The molecule has 3 heteroatoms. The first-order valence-electron chi connectivity index (χ1n) is 7.48. The molecular weight excluding hydrogens is 282 g/mol. The van der Waals surface area contributed by atoms with Crippen molar-refractivity contribution in [3.05, 3.63) is 64.7 Å². The maximum Gasteiger partial charge on any atom is 0.115 e. The van der Waals surface area contributed by atoms with E-state index in [0.29, 0.717) is 17.7 Å². The number of phenolic OH excluding ortho intramolecular Hbond substituents is 1. The SMILES string of the molecule is Oc1ccc(CC(CNC2CC2)c2ccccc2Cl)cc1. The Kier molecular flexibility index (Phi) is 4.47. The highest BCUT2D eigenvalue weighted by Gasteiger charge is 2.23. The third-order valence-corrected chi connectivity index (χ3v) is 4.34. The van der Waals surface area contributed by atoms with E-state index in [1.807, 2.05) is 30.3 Å². The molecule has 0 saturated heterocycles. The van der Waals surface area contributed by atoms with Gasteiger partial charge in [0, 0.05) is 23.5 Å². The van der Waals surface area contributed by atoms with Crippen molar-refractivity contribution >= 4 is 11.6 Å². The molecule has 0 amide bonds. The summed E-state index contributed by atoms with van der Waals surface area (Å²) >= 11 is 6.37. The number of hydrogen-bond acceptors (Lipinski definition) is 2. The molecule has 2 nitrogen and oxygen atoms in total. The third-order valence-electron chi connectivity index (χ3n) is 3.99. The van der Waals surface area contributed by atoms with Crippen LogP contribution in [0.15, 0.2) is 48.5 Å². The fourth-order valence-corrected chi connectivity index (χ4v) is 2.90. The summed E-state index contributed by atoms with van der Waals surface area (Å²) in [5.74, 6) is 0.660. The van der Waals surface area contributed by atoms with Crippen LogP contribution in [0.5, 0.6) is 5.75 Å². The molecule has 2 N–H and O–H groups in total. The number of nitrogens with one attached hydrogen (secondary N) is 1. The number of rotatable bonds is 6. The van der Waals surface area contributed by atoms with Gasteiger partial charge in [-0.15, -0.1) is 0 Å². The van der Waals surface area contributed by atoms with Gasteiger partial charge in [-0.1, -0.05) is 41.9 Å². The van der Waals surface area contributed by atoms with Gasteiger partial charge in [-0.25, -0.2) is 0 Å². The number of phenols is 1. The maximum atomic E-state index is 9.40. The zero-order valence-corrected chi connectivity index (χ0v) is 12.7. The van der Waals surface area contributed by atoms with E-state index in [-0.39, 0.29) is 0 Å². The quantitative estimate of drug-likeness (QED) is 0.841. The summed E-state index contributed by atoms with van der Waals surface area (Å²) < 4.78 is 0. The molecule has 1 unspecified atom stereocenters. The highest BCUT2D eigenvalue weighted by molar-refractivity contribution is 6.31. The average Bonchev–Trinajstić information content (AvgIpc) is 3.30. The van der Waals surface area contributed by atoms with Crippen molar-refractivity contribution in [2.45, 2.75) is 31.2 Å². The Bertz CT molecular complexity index is 592. The summed E-state index contributed by atoms with van der Waals surface area (Å²) in [5.41, 5.74) is 2.41. The average molecular weight is 302 g/mol. The maximum absolute atomic E-state index is 9.40. The second-order valence-corrected chi connectivity index (χ2v) is 6.18. The van der Waals surface area contributed by atoms with Crippen molar-refractivity contribution in [3.63, 3.8) is 0 Å². The molecule has 2 aromatic rings. The van der Waals surface area contributed by atoms with E-state index < -0.39 is 0 Å². The number of benzene rings is 2. The Balaban J connectivity index is 1.77. The molecule has 1 aliphatic rings. The van der Waals surface area contributed by atoms with Gasteiger partial charge in [0.2, 0.25) is 0 Å². The van der Waals surface area contributed by atoms with Crippen molar-refractivity contribution in [2.24, 2.45) is 0 Å². The van der Waals surface area contributed by atoms with Crippen molar-refractivity contribution in [3.8, 4) is 5.75 Å². The molecule has 1 fully saturated rings. The van der Waals surface area contributed by atoms with Crippen LogP contribution in [0.4, 0.5) is 0 Å². The van der Waals surface area contributed by atoms with Gasteiger partial charge >= 0.3 is 0 Å². The summed E-state index contributed by atoms with van der Waals surface area (Å²) in [6.07, 6.45) is 3.49. The van der Waals surface area contributed by atoms with Gasteiger partial charge in [0.05, 0.1) is 0 Å². The second-order valence-electron chi connectivity index (χ2n) is 5.77. The monoisotopic (exact) mass is 301 g/mol. The van der Waals surface area contributed by atoms with E-state index in [2.05, 4.69) is 11.4 Å². The Morgan fingerprint density at radius 2 is 1.81 bits per heavy atom. The lowest BCUT2D eigenvalue weighted by molar-refractivity contribution is 0.475. The molecule has 1 saturated carbocycles. The molecule has 0 aromatic heterocycles. The van der Waals surface area contributed by atoms with Crippen LogP contribution in [0.1, 0.15) is 29.9 Å². The van der Waals surface area contributed by atoms with Crippen LogP contribution in [-0.4, -0.2) is 17.7 Å². The highest BCUT2D eigenvalue weighted by Crippen LogP contribution is 2.29. The smallest absolute Gasteiger partial charge is 0.115 e. The third kappa shape index (κ3) is 3.99. The molecule has 1 aliphatic carbocycles. The van der Waals surface area contributed by atoms with Crippen LogP contribution in [0.3, 0.4) is 0 Å². The normalized spacial score (nSPS) is 15.9. The summed E-state index contributed by atoms with van der Waals surface area (Å²) in [5, 5.41) is 13.8. The minimum atomic E-state index is 0.309. The lowest BCUT2D eigenvalue weighted by Gasteiger charge is -2.19. The molecule has 0 radical (unpaired) electrons. The summed E-state index contributed by atoms with van der Waals surface area (Å²) in [6, 6.07) is 16.2. The summed E-state index contributed by atoms with van der Waals surface area (Å²) in [7, 11) is 0.